The lowest BCUT2D eigenvalue weighted by Gasteiger charge is -2.27. The summed E-state index contributed by atoms with van der Waals surface area (Å²) in [6.07, 6.45) is 2.37. The Labute approximate surface area is 134 Å². The molecule has 0 spiro atoms. The van der Waals surface area contributed by atoms with Gasteiger partial charge in [0.25, 0.3) is 0 Å². The van der Waals surface area contributed by atoms with Crippen LogP contribution in [0, 0.1) is 11.3 Å². The van der Waals surface area contributed by atoms with Crippen molar-refractivity contribution in [2.24, 2.45) is 0 Å². The molecule has 120 valence electrons. The van der Waals surface area contributed by atoms with Crippen molar-refractivity contribution in [2.75, 3.05) is 6.54 Å². The average Bonchev–Trinajstić information content (AvgIpc) is 3.18. The van der Waals surface area contributed by atoms with Gasteiger partial charge in [0, 0.05) is 32.3 Å². The quantitative estimate of drug-likeness (QED) is 0.866. The number of hydrogen-bond donors (Lipinski definition) is 2. The van der Waals surface area contributed by atoms with Crippen LogP contribution in [0.2, 0.25) is 0 Å². The summed E-state index contributed by atoms with van der Waals surface area (Å²) >= 11 is 0. The molecule has 1 aliphatic rings. The molecule has 3 heterocycles. The van der Waals surface area contributed by atoms with E-state index in [1.165, 1.54) is 0 Å². The van der Waals surface area contributed by atoms with E-state index in [0.717, 1.165) is 43.1 Å². The molecule has 0 atom stereocenters. The van der Waals surface area contributed by atoms with Crippen LogP contribution in [0.25, 0.3) is 0 Å². The summed E-state index contributed by atoms with van der Waals surface area (Å²) in [5, 5.41) is 16.3. The molecule has 1 aliphatic heterocycles. The molecule has 2 aromatic heterocycles. The molecule has 2 N–H and O–H groups in total. The zero-order valence-electron chi connectivity index (χ0n) is 13.2. The number of fused-ring (bicyclic) bond motifs is 1. The highest BCUT2D eigenvalue weighted by Crippen LogP contribution is 2.16. The number of aromatic nitrogens is 3. The molecule has 7 heteroatoms. The number of rotatable bonds is 5. The third-order valence-electron chi connectivity index (χ3n) is 3.98. The molecular weight excluding hydrogens is 292 g/mol. The lowest BCUT2D eigenvalue weighted by Crippen LogP contribution is -2.33. The molecule has 23 heavy (non-hydrogen) atoms. The van der Waals surface area contributed by atoms with Crippen LogP contribution in [0.5, 0.6) is 0 Å². The third kappa shape index (κ3) is 3.60. The molecule has 0 fully saturated rings. The van der Waals surface area contributed by atoms with Crippen molar-refractivity contribution in [3.63, 3.8) is 0 Å². The third-order valence-corrected chi connectivity index (χ3v) is 3.98. The highest BCUT2D eigenvalue weighted by Gasteiger charge is 2.19. The molecule has 0 aromatic carbocycles. The first kappa shape index (κ1) is 15.3. The van der Waals surface area contributed by atoms with Crippen LogP contribution in [-0.4, -0.2) is 32.1 Å². The smallest absolute Gasteiger partial charge is 0.220 e. The Morgan fingerprint density at radius 3 is 3.09 bits per heavy atom. The monoisotopic (exact) mass is 312 g/mol. The summed E-state index contributed by atoms with van der Waals surface area (Å²) in [5.74, 6) is 0.0401. The molecule has 0 saturated heterocycles. The summed E-state index contributed by atoms with van der Waals surface area (Å²) in [6.45, 7) is 5.71. The van der Waals surface area contributed by atoms with E-state index in [1.807, 2.05) is 23.9 Å². The molecule has 2 aromatic rings. The van der Waals surface area contributed by atoms with E-state index in [0.29, 0.717) is 18.7 Å². The Morgan fingerprint density at radius 1 is 1.48 bits per heavy atom. The maximum absolute atomic E-state index is 11.3. The van der Waals surface area contributed by atoms with E-state index in [-0.39, 0.29) is 5.91 Å². The SMILES string of the molecule is CCC(=O)NCc1cc2n(n1)CCN(Cc1c[nH]c(C#N)c1)C2. The van der Waals surface area contributed by atoms with Crippen LogP contribution < -0.4 is 5.32 Å². The number of H-pyrrole nitrogens is 1. The van der Waals surface area contributed by atoms with Crippen LogP contribution >= 0.6 is 0 Å². The molecule has 0 saturated carbocycles. The van der Waals surface area contributed by atoms with Crippen molar-refractivity contribution in [1.82, 2.24) is 25.0 Å². The van der Waals surface area contributed by atoms with Gasteiger partial charge in [0.05, 0.1) is 24.5 Å². The van der Waals surface area contributed by atoms with Crippen molar-refractivity contribution in [3.05, 3.63) is 41.0 Å². The first-order valence-electron chi connectivity index (χ1n) is 7.80. The standard InChI is InChI=1S/C16H20N6O/c1-2-16(23)19-9-14-6-15-11-21(3-4-22(15)20-14)10-12-5-13(7-17)18-8-12/h5-6,8,18H,2-4,9-11H2,1H3,(H,19,23). The van der Waals surface area contributed by atoms with E-state index in [1.54, 1.807) is 0 Å². The molecule has 0 aliphatic carbocycles. The second-order valence-corrected chi connectivity index (χ2v) is 5.72. The summed E-state index contributed by atoms with van der Waals surface area (Å²) in [7, 11) is 0. The largest absolute Gasteiger partial charge is 0.353 e. The first-order valence-corrected chi connectivity index (χ1v) is 7.80. The normalized spacial score (nSPS) is 14.3. The predicted octanol–water partition coefficient (Wildman–Crippen LogP) is 1.12. The molecule has 3 rings (SSSR count). The van der Waals surface area contributed by atoms with E-state index >= 15 is 0 Å². The lowest BCUT2D eigenvalue weighted by atomic mass is 10.2. The fourth-order valence-corrected chi connectivity index (χ4v) is 2.77. The maximum Gasteiger partial charge on any atom is 0.220 e. The summed E-state index contributed by atoms with van der Waals surface area (Å²) in [4.78, 5) is 16.6. The fourth-order valence-electron chi connectivity index (χ4n) is 2.77. The molecule has 7 nitrogen and oxygen atoms in total. The number of nitrogens with one attached hydrogen (secondary N) is 2. The Morgan fingerprint density at radius 2 is 2.35 bits per heavy atom. The van der Waals surface area contributed by atoms with Gasteiger partial charge in [0.1, 0.15) is 11.8 Å². The summed E-state index contributed by atoms with van der Waals surface area (Å²) < 4.78 is 2.02. The van der Waals surface area contributed by atoms with Gasteiger partial charge in [-0.3, -0.25) is 14.4 Å². The Hall–Kier alpha value is -2.59. The Balaban J connectivity index is 1.60. The van der Waals surface area contributed by atoms with Crippen LogP contribution in [0.1, 0.15) is 36.0 Å². The van der Waals surface area contributed by atoms with E-state index < -0.39 is 0 Å². The van der Waals surface area contributed by atoms with Crippen LogP contribution in [0.4, 0.5) is 0 Å². The molecule has 0 bridgehead atoms. The van der Waals surface area contributed by atoms with Crippen molar-refractivity contribution >= 4 is 5.91 Å². The first-order chi connectivity index (χ1) is 11.2. The number of nitrogens with zero attached hydrogens (tertiary/aromatic N) is 4. The summed E-state index contributed by atoms with van der Waals surface area (Å²) in [5.41, 5.74) is 3.77. The van der Waals surface area contributed by atoms with Gasteiger partial charge < -0.3 is 10.3 Å². The molecule has 0 radical (unpaired) electrons. The zero-order chi connectivity index (χ0) is 16.2. The van der Waals surface area contributed by atoms with Crippen LogP contribution in [0.3, 0.4) is 0 Å². The lowest BCUT2D eigenvalue weighted by molar-refractivity contribution is -0.120. The van der Waals surface area contributed by atoms with Gasteiger partial charge in [-0.05, 0) is 17.7 Å². The van der Waals surface area contributed by atoms with E-state index in [9.17, 15) is 4.79 Å². The van der Waals surface area contributed by atoms with Gasteiger partial charge in [-0.25, -0.2) is 0 Å². The highest BCUT2D eigenvalue weighted by molar-refractivity contribution is 5.75. The Kier molecular flexibility index (Phi) is 4.44. The van der Waals surface area contributed by atoms with Crippen molar-refractivity contribution in [2.45, 2.75) is 39.5 Å². The number of carbonyl (C=O) groups is 1. The Bertz CT molecular complexity index is 738. The zero-order valence-corrected chi connectivity index (χ0v) is 13.2. The van der Waals surface area contributed by atoms with E-state index in [2.05, 4.69) is 32.4 Å². The second kappa shape index (κ2) is 6.67. The van der Waals surface area contributed by atoms with Gasteiger partial charge in [-0.1, -0.05) is 6.92 Å². The molecule has 1 amide bonds. The minimum absolute atomic E-state index is 0.0401. The second-order valence-electron chi connectivity index (χ2n) is 5.72. The van der Waals surface area contributed by atoms with Gasteiger partial charge in [0.2, 0.25) is 5.91 Å². The van der Waals surface area contributed by atoms with E-state index in [4.69, 9.17) is 5.26 Å². The average molecular weight is 312 g/mol. The highest BCUT2D eigenvalue weighted by atomic mass is 16.1. The maximum atomic E-state index is 11.3. The van der Waals surface area contributed by atoms with Gasteiger partial charge in [-0.2, -0.15) is 10.4 Å². The van der Waals surface area contributed by atoms with Crippen LogP contribution in [0.15, 0.2) is 18.3 Å². The minimum Gasteiger partial charge on any atom is -0.353 e. The number of carbonyl (C=O) groups excluding carboxylic acids is 1. The molecular formula is C16H20N6O. The fraction of sp³-hybridized carbons (Fsp3) is 0.438. The summed E-state index contributed by atoms with van der Waals surface area (Å²) in [6, 6.07) is 6.05. The molecule has 0 unspecified atom stereocenters. The van der Waals surface area contributed by atoms with Crippen molar-refractivity contribution < 1.29 is 4.79 Å². The predicted molar refractivity (Wildman–Crippen MR) is 84.0 cm³/mol. The van der Waals surface area contributed by atoms with Gasteiger partial charge >= 0.3 is 0 Å². The number of aromatic amines is 1. The topological polar surface area (TPSA) is 89.7 Å². The number of hydrogen-bond acceptors (Lipinski definition) is 4. The minimum atomic E-state index is 0.0401. The number of amides is 1. The van der Waals surface area contributed by atoms with Gasteiger partial charge in [-0.15, -0.1) is 0 Å². The van der Waals surface area contributed by atoms with Crippen molar-refractivity contribution in [3.8, 4) is 6.07 Å². The van der Waals surface area contributed by atoms with Crippen molar-refractivity contribution in [1.29, 1.82) is 5.26 Å². The van der Waals surface area contributed by atoms with Gasteiger partial charge in [0.15, 0.2) is 0 Å². The van der Waals surface area contributed by atoms with Crippen LogP contribution in [-0.2, 0) is 31.0 Å². The number of nitriles is 1.